The molecule has 0 aromatic heterocycles. The molecule has 2 N–H and O–H groups in total. The minimum absolute atomic E-state index is 0.152. The van der Waals surface area contributed by atoms with E-state index in [1.165, 1.54) is 11.1 Å². The van der Waals surface area contributed by atoms with Crippen LogP contribution in [0.25, 0.3) is 0 Å². The Balaban J connectivity index is 1.38. The van der Waals surface area contributed by atoms with Gasteiger partial charge in [0.15, 0.2) is 0 Å². The largest absolute Gasteiger partial charge is 0.496 e. The third-order valence-corrected chi connectivity index (χ3v) is 7.33. The second-order valence-corrected chi connectivity index (χ2v) is 9.11. The van der Waals surface area contributed by atoms with Crippen LogP contribution >= 0.6 is 11.6 Å². The molecular weight excluding hydrogens is 398 g/mol. The van der Waals surface area contributed by atoms with Crippen LogP contribution in [0.3, 0.4) is 0 Å². The number of ether oxygens (including phenoxy) is 1. The molecule has 2 heterocycles. The average Bonchev–Trinajstić information content (AvgIpc) is 3.19. The van der Waals surface area contributed by atoms with Crippen molar-refractivity contribution in [2.75, 3.05) is 25.6 Å². The minimum Gasteiger partial charge on any atom is -0.496 e. The molecule has 30 heavy (non-hydrogen) atoms. The summed E-state index contributed by atoms with van der Waals surface area (Å²) in [6.45, 7) is 1.66. The number of carbonyl (C=O) groups excluding carboxylic acids is 1. The predicted octanol–water partition coefficient (Wildman–Crippen LogP) is 4.01. The molecule has 1 saturated heterocycles. The van der Waals surface area contributed by atoms with Crippen molar-refractivity contribution in [2.24, 2.45) is 5.92 Å². The number of methoxy groups -OCH3 is 1. The fraction of sp³-hybridized carbons (Fsp3) is 0.458. The van der Waals surface area contributed by atoms with Crippen molar-refractivity contribution in [3.05, 3.63) is 58.1 Å². The Bertz CT molecular complexity index is 979. The second-order valence-electron chi connectivity index (χ2n) is 8.67. The molecule has 5 nitrogen and oxygen atoms in total. The first-order chi connectivity index (χ1) is 14.6. The van der Waals surface area contributed by atoms with E-state index >= 15 is 0 Å². The summed E-state index contributed by atoms with van der Waals surface area (Å²) in [6.07, 6.45) is 3.14. The molecule has 2 aromatic carbocycles. The molecule has 2 fully saturated rings. The number of hydrogen-bond donors (Lipinski definition) is 2. The summed E-state index contributed by atoms with van der Waals surface area (Å²) in [7, 11) is 3.63. The molecule has 1 aliphatic carbocycles. The highest BCUT2D eigenvalue weighted by Gasteiger charge is 2.45. The normalized spacial score (nSPS) is 27.4. The van der Waals surface area contributed by atoms with Crippen molar-refractivity contribution in [1.82, 2.24) is 10.6 Å². The maximum atomic E-state index is 12.7. The Morgan fingerprint density at radius 2 is 2.03 bits per heavy atom. The minimum atomic E-state index is 0.152. The Morgan fingerprint density at radius 3 is 2.77 bits per heavy atom. The van der Waals surface area contributed by atoms with Gasteiger partial charge in [-0.15, -0.1) is 0 Å². The summed E-state index contributed by atoms with van der Waals surface area (Å²) < 4.78 is 5.75. The van der Waals surface area contributed by atoms with E-state index in [4.69, 9.17) is 16.3 Å². The summed E-state index contributed by atoms with van der Waals surface area (Å²) in [4.78, 5) is 14.5. The molecule has 1 amide bonds. The number of amides is 1. The third-order valence-electron chi connectivity index (χ3n) is 7.10. The monoisotopic (exact) mass is 425 g/mol. The molecule has 6 heteroatoms. The Morgan fingerprint density at radius 1 is 1.20 bits per heavy atom. The average molecular weight is 426 g/mol. The number of fused-ring (bicyclic) bond motifs is 3. The zero-order valence-corrected chi connectivity index (χ0v) is 18.2. The Labute approximate surface area is 182 Å². The van der Waals surface area contributed by atoms with Crippen LogP contribution in [0.15, 0.2) is 36.4 Å². The number of halogens is 1. The van der Waals surface area contributed by atoms with E-state index in [0.717, 1.165) is 47.8 Å². The van der Waals surface area contributed by atoms with Gasteiger partial charge in [-0.3, -0.25) is 4.79 Å². The second kappa shape index (κ2) is 7.88. The maximum absolute atomic E-state index is 12.7. The fourth-order valence-electron chi connectivity index (χ4n) is 5.29. The number of nitrogens with one attached hydrogen (secondary N) is 2. The summed E-state index contributed by atoms with van der Waals surface area (Å²) in [6, 6.07) is 12.9. The smallest absolute Gasteiger partial charge is 0.230 e. The van der Waals surface area contributed by atoms with Crippen LogP contribution < -0.4 is 20.3 Å². The molecule has 1 saturated carbocycles. The van der Waals surface area contributed by atoms with Crippen molar-refractivity contribution in [3.63, 3.8) is 0 Å². The zero-order valence-electron chi connectivity index (χ0n) is 17.5. The summed E-state index contributed by atoms with van der Waals surface area (Å²) in [5, 5.41) is 8.07. The molecule has 0 radical (unpaired) electrons. The van der Waals surface area contributed by atoms with Gasteiger partial charge in [-0.2, -0.15) is 0 Å². The Kier molecular flexibility index (Phi) is 5.21. The molecule has 0 spiro atoms. The lowest BCUT2D eigenvalue weighted by Gasteiger charge is -2.44. The maximum Gasteiger partial charge on any atom is 0.230 e. The van der Waals surface area contributed by atoms with Crippen LogP contribution in [0.4, 0.5) is 5.69 Å². The van der Waals surface area contributed by atoms with Crippen LogP contribution in [-0.2, 0) is 11.3 Å². The number of anilines is 1. The van der Waals surface area contributed by atoms with Crippen molar-refractivity contribution in [1.29, 1.82) is 0 Å². The SMILES string of the molecule is COc1cc2c(cc1CNC1CCN[C@H]1c1cccc(Cl)c1)N(C)C(=O)[C@@H]1CC[C@H]21. The van der Waals surface area contributed by atoms with Gasteiger partial charge in [-0.25, -0.2) is 0 Å². The van der Waals surface area contributed by atoms with Gasteiger partial charge in [-0.05, 0) is 67.1 Å². The van der Waals surface area contributed by atoms with Crippen LogP contribution in [0.2, 0.25) is 5.02 Å². The molecular formula is C24H28ClN3O2. The van der Waals surface area contributed by atoms with Gasteiger partial charge >= 0.3 is 0 Å². The van der Waals surface area contributed by atoms with Gasteiger partial charge in [0.1, 0.15) is 5.75 Å². The first kappa shape index (κ1) is 19.9. The number of carbonyl (C=O) groups is 1. The molecule has 0 bridgehead atoms. The number of hydrogen-bond acceptors (Lipinski definition) is 4. The summed E-state index contributed by atoms with van der Waals surface area (Å²) >= 11 is 6.21. The summed E-state index contributed by atoms with van der Waals surface area (Å²) in [5.74, 6) is 1.66. The molecule has 5 rings (SSSR count). The first-order valence-corrected chi connectivity index (χ1v) is 11.1. The van der Waals surface area contributed by atoms with Crippen LogP contribution in [0.1, 0.15) is 47.9 Å². The number of rotatable bonds is 5. The topological polar surface area (TPSA) is 53.6 Å². The van der Waals surface area contributed by atoms with Gasteiger partial charge in [-0.1, -0.05) is 23.7 Å². The molecule has 4 atom stereocenters. The van der Waals surface area contributed by atoms with Crippen LogP contribution in [-0.4, -0.2) is 32.7 Å². The molecule has 158 valence electrons. The first-order valence-electron chi connectivity index (χ1n) is 10.8. The number of benzene rings is 2. The highest BCUT2D eigenvalue weighted by atomic mass is 35.5. The van der Waals surface area contributed by atoms with Gasteiger partial charge in [0.05, 0.1) is 7.11 Å². The lowest BCUT2D eigenvalue weighted by atomic mass is 9.66. The van der Waals surface area contributed by atoms with Crippen molar-refractivity contribution >= 4 is 23.2 Å². The standard InChI is InChI=1S/C24H28ClN3O2/c1-28-21-11-15(22(30-2)12-19(21)17-6-7-18(17)24(28)29)13-27-20-8-9-26-23(20)14-4-3-5-16(25)10-14/h3-5,10-12,17-18,20,23,26-27H,6-9,13H2,1-2H3/t17-,18+,20?,23-/m0/s1. The molecule has 2 aliphatic heterocycles. The van der Waals surface area contributed by atoms with E-state index in [9.17, 15) is 4.79 Å². The highest BCUT2D eigenvalue weighted by Crippen LogP contribution is 2.51. The van der Waals surface area contributed by atoms with E-state index in [1.807, 2.05) is 30.1 Å². The van der Waals surface area contributed by atoms with E-state index in [-0.39, 0.29) is 17.9 Å². The van der Waals surface area contributed by atoms with E-state index in [2.05, 4.69) is 28.8 Å². The highest BCUT2D eigenvalue weighted by molar-refractivity contribution is 6.30. The lowest BCUT2D eigenvalue weighted by Crippen LogP contribution is -2.45. The zero-order chi connectivity index (χ0) is 20.8. The third kappa shape index (κ3) is 3.29. The number of nitrogens with zero attached hydrogens (tertiary/aromatic N) is 1. The summed E-state index contributed by atoms with van der Waals surface area (Å²) in [5.41, 5.74) is 4.59. The predicted molar refractivity (Wildman–Crippen MR) is 119 cm³/mol. The van der Waals surface area contributed by atoms with Gasteiger partial charge in [0, 0.05) is 47.9 Å². The molecule has 1 unspecified atom stereocenters. The van der Waals surface area contributed by atoms with Crippen LogP contribution in [0.5, 0.6) is 5.75 Å². The van der Waals surface area contributed by atoms with Gasteiger partial charge < -0.3 is 20.3 Å². The van der Waals surface area contributed by atoms with Crippen molar-refractivity contribution in [3.8, 4) is 5.75 Å². The van der Waals surface area contributed by atoms with E-state index in [0.29, 0.717) is 18.5 Å². The molecule has 3 aliphatic rings. The fourth-order valence-corrected chi connectivity index (χ4v) is 5.49. The molecule has 2 aromatic rings. The van der Waals surface area contributed by atoms with Crippen molar-refractivity contribution in [2.45, 2.75) is 43.8 Å². The lowest BCUT2D eigenvalue weighted by molar-refractivity contribution is -0.126. The van der Waals surface area contributed by atoms with Gasteiger partial charge in [0.25, 0.3) is 0 Å². The van der Waals surface area contributed by atoms with Crippen LogP contribution in [0, 0.1) is 5.92 Å². The quantitative estimate of drug-likeness (QED) is 0.759. The van der Waals surface area contributed by atoms with E-state index in [1.54, 1.807) is 7.11 Å². The van der Waals surface area contributed by atoms with Gasteiger partial charge in [0.2, 0.25) is 5.91 Å². The van der Waals surface area contributed by atoms with E-state index < -0.39 is 0 Å². The van der Waals surface area contributed by atoms with Crippen molar-refractivity contribution < 1.29 is 9.53 Å². The Hall–Kier alpha value is -2.08.